The molecule has 0 aliphatic rings. The summed E-state index contributed by atoms with van der Waals surface area (Å²) in [7, 11) is 1.80. The Morgan fingerprint density at radius 1 is 1.43 bits per heavy atom. The maximum atomic E-state index is 11.0. The van der Waals surface area contributed by atoms with Gasteiger partial charge in [0.15, 0.2) is 0 Å². The maximum Gasteiger partial charge on any atom is 0.339 e. The van der Waals surface area contributed by atoms with Crippen molar-refractivity contribution in [3.05, 3.63) is 30.0 Å². The summed E-state index contributed by atoms with van der Waals surface area (Å²) in [6.07, 6.45) is 1.82. The number of aryl methyl sites for hydroxylation is 1. The van der Waals surface area contributed by atoms with Crippen LogP contribution >= 0.6 is 0 Å². The van der Waals surface area contributed by atoms with Crippen LogP contribution in [-0.2, 0) is 7.05 Å². The Bertz CT molecular complexity index is 514. The second kappa shape index (κ2) is 2.77. The van der Waals surface area contributed by atoms with Crippen molar-refractivity contribution in [2.24, 2.45) is 7.05 Å². The van der Waals surface area contributed by atoms with E-state index < -0.39 is 5.97 Å². The Morgan fingerprint density at radius 3 is 2.79 bits per heavy atom. The van der Waals surface area contributed by atoms with Gasteiger partial charge in [-0.2, -0.15) is 0 Å². The topological polar surface area (TPSA) is 68.2 Å². The molecule has 1 aromatic heterocycles. The van der Waals surface area contributed by atoms with E-state index in [4.69, 9.17) is 10.8 Å². The van der Waals surface area contributed by atoms with Crippen molar-refractivity contribution >= 4 is 22.6 Å². The average molecular weight is 190 g/mol. The Morgan fingerprint density at radius 2 is 2.14 bits per heavy atom. The third kappa shape index (κ3) is 1.04. The zero-order valence-electron chi connectivity index (χ0n) is 7.69. The van der Waals surface area contributed by atoms with Crippen LogP contribution in [0.1, 0.15) is 10.4 Å². The van der Waals surface area contributed by atoms with Crippen molar-refractivity contribution in [3.63, 3.8) is 0 Å². The van der Waals surface area contributed by atoms with Gasteiger partial charge < -0.3 is 15.4 Å². The van der Waals surface area contributed by atoms with Crippen LogP contribution in [0.4, 0.5) is 5.69 Å². The molecular formula is C10H10N2O2. The number of carboxylic acids is 1. The number of nitrogens with zero attached hydrogens (tertiary/aromatic N) is 1. The van der Waals surface area contributed by atoms with Crippen LogP contribution in [0.25, 0.3) is 10.9 Å². The van der Waals surface area contributed by atoms with E-state index in [1.54, 1.807) is 17.7 Å². The number of nitrogen functional groups attached to an aromatic ring is 1. The largest absolute Gasteiger partial charge is 0.478 e. The zero-order valence-corrected chi connectivity index (χ0v) is 7.69. The monoisotopic (exact) mass is 190 g/mol. The molecule has 2 rings (SSSR count). The first-order valence-electron chi connectivity index (χ1n) is 4.18. The first kappa shape index (κ1) is 8.62. The van der Waals surface area contributed by atoms with E-state index in [-0.39, 0.29) is 5.56 Å². The molecule has 0 radical (unpaired) electrons. The molecule has 0 amide bonds. The molecule has 14 heavy (non-hydrogen) atoms. The molecular weight excluding hydrogens is 180 g/mol. The Balaban J connectivity index is 2.94. The summed E-state index contributed by atoms with van der Waals surface area (Å²) < 4.78 is 1.76. The SMILES string of the molecule is Cn1ccc2ccc(N)c(C(=O)O)c21. The van der Waals surface area contributed by atoms with Crippen LogP contribution in [0.3, 0.4) is 0 Å². The molecule has 0 unspecified atom stereocenters. The van der Waals surface area contributed by atoms with Gasteiger partial charge in [0.2, 0.25) is 0 Å². The van der Waals surface area contributed by atoms with E-state index in [2.05, 4.69) is 0 Å². The molecule has 0 saturated heterocycles. The Hall–Kier alpha value is -1.97. The molecule has 0 atom stereocenters. The van der Waals surface area contributed by atoms with Gasteiger partial charge in [0, 0.05) is 24.3 Å². The molecule has 72 valence electrons. The third-order valence-electron chi connectivity index (χ3n) is 2.29. The fraction of sp³-hybridized carbons (Fsp3) is 0.100. The van der Waals surface area contributed by atoms with Crippen LogP contribution < -0.4 is 5.73 Å². The molecule has 0 fully saturated rings. The van der Waals surface area contributed by atoms with Crippen molar-refractivity contribution in [3.8, 4) is 0 Å². The molecule has 0 aliphatic carbocycles. The summed E-state index contributed by atoms with van der Waals surface area (Å²) in [6.45, 7) is 0. The second-order valence-corrected chi connectivity index (χ2v) is 3.20. The fourth-order valence-electron chi connectivity index (χ4n) is 1.63. The number of hydrogen-bond donors (Lipinski definition) is 2. The first-order chi connectivity index (χ1) is 6.61. The van der Waals surface area contributed by atoms with E-state index in [1.165, 1.54) is 0 Å². The average Bonchev–Trinajstić information content (AvgIpc) is 2.47. The van der Waals surface area contributed by atoms with Gasteiger partial charge in [-0.05, 0) is 12.1 Å². The van der Waals surface area contributed by atoms with Crippen molar-refractivity contribution < 1.29 is 9.90 Å². The summed E-state index contributed by atoms with van der Waals surface area (Å²) in [6, 6.07) is 5.30. The number of carbonyl (C=O) groups is 1. The smallest absolute Gasteiger partial charge is 0.339 e. The van der Waals surface area contributed by atoms with Gasteiger partial charge in [-0.1, -0.05) is 6.07 Å². The number of aromatic nitrogens is 1. The first-order valence-corrected chi connectivity index (χ1v) is 4.18. The lowest BCUT2D eigenvalue weighted by Gasteiger charge is -2.04. The predicted octanol–water partition coefficient (Wildman–Crippen LogP) is 1.46. The number of hydrogen-bond acceptors (Lipinski definition) is 2. The molecule has 0 spiro atoms. The molecule has 2 aromatic rings. The van der Waals surface area contributed by atoms with Gasteiger partial charge in [0.25, 0.3) is 0 Å². The highest BCUT2D eigenvalue weighted by molar-refractivity contribution is 6.07. The normalized spacial score (nSPS) is 10.6. The number of carboxylic acid groups (broad SMARTS) is 1. The van der Waals surface area contributed by atoms with E-state index in [9.17, 15) is 4.79 Å². The Kier molecular flexibility index (Phi) is 1.70. The van der Waals surface area contributed by atoms with Crippen LogP contribution in [0.15, 0.2) is 24.4 Å². The molecule has 1 heterocycles. The summed E-state index contributed by atoms with van der Waals surface area (Å²) in [4.78, 5) is 11.0. The van der Waals surface area contributed by atoms with Gasteiger partial charge in [0.05, 0.1) is 5.52 Å². The molecule has 0 bridgehead atoms. The minimum absolute atomic E-state index is 0.176. The van der Waals surface area contributed by atoms with Gasteiger partial charge in [-0.25, -0.2) is 4.79 Å². The van der Waals surface area contributed by atoms with Crippen LogP contribution in [-0.4, -0.2) is 15.6 Å². The lowest BCUT2D eigenvalue weighted by Crippen LogP contribution is -2.05. The number of benzene rings is 1. The highest BCUT2D eigenvalue weighted by atomic mass is 16.4. The van der Waals surface area contributed by atoms with E-state index >= 15 is 0 Å². The van der Waals surface area contributed by atoms with Crippen molar-refractivity contribution in [2.75, 3.05) is 5.73 Å². The van der Waals surface area contributed by atoms with Crippen LogP contribution in [0.5, 0.6) is 0 Å². The number of fused-ring (bicyclic) bond motifs is 1. The number of aromatic carboxylic acids is 1. The molecule has 0 aliphatic heterocycles. The van der Waals surface area contributed by atoms with Crippen molar-refractivity contribution in [1.29, 1.82) is 0 Å². The maximum absolute atomic E-state index is 11.0. The van der Waals surface area contributed by atoms with Gasteiger partial charge >= 0.3 is 5.97 Å². The fourth-order valence-corrected chi connectivity index (χ4v) is 1.63. The lowest BCUT2D eigenvalue weighted by molar-refractivity contribution is 0.0699. The molecule has 4 heteroatoms. The van der Waals surface area contributed by atoms with Crippen LogP contribution in [0, 0.1) is 0 Å². The highest BCUT2D eigenvalue weighted by Gasteiger charge is 2.14. The van der Waals surface area contributed by atoms with Crippen LogP contribution in [0.2, 0.25) is 0 Å². The highest BCUT2D eigenvalue weighted by Crippen LogP contribution is 2.24. The van der Waals surface area contributed by atoms with E-state index in [0.717, 1.165) is 5.39 Å². The summed E-state index contributed by atoms with van der Waals surface area (Å²) in [5.41, 5.74) is 6.76. The van der Waals surface area contributed by atoms with Crippen molar-refractivity contribution in [2.45, 2.75) is 0 Å². The van der Waals surface area contributed by atoms with Gasteiger partial charge in [-0.3, -0.25) is 0 Å². The molecule has 3 N–H and O–H groups in total. The summed E-state index contributed by atoms with van der Waals surface area (Å²) in [5.74, 6) is -0.991. The van der Waals surface area contributed by atoms with Gasteiger partial charge in [0.1, 0.15) is 5.56 Å². The zero-order chi connectivity index (χ0) is 10.3. The third-order valence-corrected chi connectivity index (χ3v) is 2.29. The minimum atomic E-state index is -0.991. The standard InChI is InChI=1S/C10H10N2O2/c1-12-5-4-6-2-3-7(11)8(9(6)12)10(13)14/h2-5H,11H2,1H3,(H,13,14). The van der Waals surface area contributed by atoms with Crippen molar-refractivity contribution in [1.82, 2.24) is 4.57 Å². The number of anilines is 1. The van der Waals surface area contributed by atoms with E-state index in [0.29, 0.717) is 11.2 Å². The van der Waals surface area contributed by atoms with E-state index in [1.807, 2.05) is 18.3 Å². The lowest BCUT2D eigenvalue weighted by atomic mass is 10.1. The summed E-state index contributed by atoms with van der Waals surface area (Å²) in [5, 5.41) is 9.90. The minimum Gasteiger partial charge on any atom is -0.478 e. The molecule has 4 nitrogen and oxygen atoms in total. The number of rotatable bonds is 1. The molecule has 0 saturated carbocycles. The molecule has 1 aromatic carbocycles. The second-order valence-electron chi connectivity index (χ2n) is 3.20. The predicted molar refractivity (Wildman–Crippen MR) is 54.3 cm³/mol. The Labute approximate surface area is 80.6 Å². The summed E-state index contributed by atoms with van der Waals surface area (Å²) >= 11 is 0. The number of nitrogens with two attached hydrogens (primary N) is 1. The van der Waals surface area contributed by atoms with Gasteiger partial charge in [-0.15, -0.1) is 0 Å². The quantitative estimate of drug-likeness (QED) is 0.669.